The van der Waals surface area contributed by atoms with Crippen molar-refractivity contribution in [1.82, 2.24) is 0 Å². The lowest BCUT2D eigenvalue weighted by Gasteiger charge is -2.15. The third kappa shape index (κ3) is 3.08. The van der Waals surface area contributed by atoms with Gasteiger partial charge in [0.15, 0.2) is 0 Å². The highest BCUT2D eigenvalue weighted by Gasteiger charge is 2.03. The van der Waals surface area contributed by atoms with Gasteiger partial charge in [0, 0.05) is 11.7 Å². The van der Waals surface area contributed by atoms with E-state index in [4.69, 9.17) is 5.11 Å². The average molecular weight is 227 g/mol. The van der Waals surface area contributed by atoms with Crippen LogP contribution in [0.25, 0.3) is 0 Å². The zero-order chi connectivity index (χ0) is 12.1. The summed E-state index contributed by atoms with van der Waals surface area (Å²) in [7, 11) is 0. The largest absolute Gasteiger partial charge is 0.392 e. The highest BCUT2D eigenvalue weighted by Crippen LogP contribution is 2.19. The van der Waals surface area contributed by atoms with E-state index in [9.17, 15) is 0 Å². The van der Waals surface area contributed by atoms with Crippen LogP contribution in [0.15, 0.2) is 54.6 Å². The molecule has 1 atom stereocenters. The normalized spacial score (nSPS) is 12.1. The molecule has 0 fully saturated rings. The third-order valence-electron chi connectivity index (χ3n) is 2.82. The minimum atomic E-state index is 0.0918. The van der Waals surface area contributed by atoms with Gasteiger partial charge in [-0.15, -0.1) is 0 Å². The Bertz CT molecular complexity index is 450. The van der Waals surface area contributed by atoms with Gasteiger partial charge in [-0.25, -0.2) is 0 Å². The lowest BCUT2D eigenvalue weighted by molar-refractivity contribution is 0.282. The fourth-order valence-electron chi connectivity index (χ4n) is 1.78. The number of aliphatic hydroxyl groups is 1. The van der Waals surface area contributed by atoms with Crippen molar-refractivity contribution in [2.24, 2.45) is 0 Å². The molecule has 0 aliphatic rings. The van der Waals surface area contributed by atoms with Crippen molar-refractivity contribution in [2.45, 2.75) is 19.6 Å². The second-order valence-corrected chi connectivity index (χ2v) is 4.13. The molecule has 0 amide bonds. The Labute approximate surface area is 102 Å². The van der Waals surface area contributed by atoms with Gasteiger partial charge in [0.2, 0.25) is 0 Å². The predicted octanol–water partition coefficient (Wildman–Crippen LogP) is 3.35. The molecule has 0 aromatic heterocycles. The van der Waals surface area contributed by atoms with E-state index in [0.29, 0.717) is 0 Å². The molecule has 0 bridgehead atoms. The molecule has 0 aliphatic heterocycles. The van der Waals surface area contributed by atoms with Gasteiger partial charge in [-0.2, -0.15) is 0 Å². The molecule has 0 spiro atoms. The van der Waals surface area contributed by atoms with Crippen LogP contribution in [0.1, 0.15) is 24.1 Å². The summed E-state index contributed by atoms with van der Waals surface area (Å²) in [6, 6.07) is 18.4. The number of aliphatic hydroxyl groups excluding tert-OH is 1. The first kappa shape index (κ1) is 11.7. The Balaban J connectivity index is 2.05. The molecule has 2 aromatic carbocycles. The van der Waals surface area contributed by atoms with Gasteiger partial charge in [0.05, 0.1) is 6.61 Å². The molecule has 1 unspecified atom stereocenters. The van der Waals surface area contributed by atoms with Crippen LogP contribution in [0, 0.1) is 0 Å². The van der Waals surface area contributed by atoms with Gasteiger partial charge >= 0.3 is 0 Å². The van der Waals surface area contributed by atoms with Crippen LogP contribution in [-0.2, 0) is 6.61 Å². The Morgan fingerprint density at radius 1 is 1.00 bits per heavy atom. The molecule has 0 heterocycles. The second kappa shape index (κ2) is 5.51. The minimum Gasteiger partial charge on any atom is -0.392 e. The molecular formula is C15H17NO. The molecule has 17 heavy (non-hydrogen) atoms. The number of nitrogens with one attached hydrogen (secondary N) is 1. The fourth-order valence-corrected chi connectivity index (χ4v) is 1.78. The highest BCUT2D eigenvalue weighted by molar-refractivity contribution is 5.46. The lowest BCUT2D eigenvalue weighted by atomic mass is 10.1. The van der Waals surface area contributed by atoms with E-state index in [1.165, 1.54) is 5.56 Å². The first-order valence-corrected chi connectivity index (χ1v) is 5.81. The van der Waals surface area contributed by atoms with Crippen molar-refractivity contribution < 1.29 is 5.11 Å². The zero-order valence-electron chi connectivity index (χ0n) is 9.93. The Morgan fingerprint density at radius 2 is 1.65 bits per heavy atom. The lowest BCUT2D eigenvalue weighted by Crippen LogP contribution is -2.06. The third-order valence-corrected chi connectivity index (χ3v) is 2.82. The van der Waals surface area contributed by atoms with Gasteiger partial charge in [-0.05, 0) is 30.2 Å². The number of benzene rings is 2. The van der Waals surface area contributed by atoms with E-state index in [1.807, 2.05) is 42.5 Å². The summed E-state index contributed by atoms with van der Waals surface area (Å²) >= 11 is 0. The van der Waals surface area contributed by atoms with Crippen molar-refractivity contribution >= 4 is 5.69 Å². The van der Waals surface area contributed by atoms with Crippen molar-refractivity contribution in [1.29, 1.82) is 0 Å². The van der Waals surface area contributed by atoms with Crippen LogP contribution in [-0.4, -0.2) is 5.11 Å². The average Bonchev–Trinajstić information content (AvgIpc) is 2.40. The molecule has 2 rings (SSSR count). The van der Waals surface area contributed by atoms with Gasteiger partial charge < -0.3 is 10.4 Å². The maximum atomic E-state index is 8.97. The maximum Gasteiger partial charge on any atom is 0.0681 e. The Morgan fingerprint density at radius 3 is 2.24 bits per heavy atom. The molecule has 88 valence electrons. The van der Waals surface area contributed by atoms with Crippen LogP contribution in [0.5, 0.6) is 0 Å². The zero-order valence-corrected chi connectivity index (χ0v) is 9.93. The summed E-state index contributed by atoms with van der Waals surface area (Å²) < 4.78 is 0. The molecule has 0 radical (unpaired) electrons. The number of anilines is 1. The summed E-state index contributed by atoms with van der Waals surface area (Å²) in [5.41, 5.74) is 3.26. The summed E-state index contributed by atoms with van der Waals surface area (Å²) in [4.78, 5) is 0. The van der Waals surface area contributed by atoms with Gasteiger partial charge in [-0.1, -0.05) is 42.5 Å². The van der Waals surface area contributed by atoms with Crippen LogP contribution < -0.4 is 5.32 Å². The highest BCUT2D eigenvalue weighted by atomic mass is 16.3. The second-order valence-electron chi connectivity index (χ2n) is 4.13. The molecule has 0 saturated carbocycles. The van der Waals surface area contributed by atoms with Crippen LogP contribution >= 0.6 is 0 Å². The maximum absolute atomic E-state index is 8.97. The monoisotopic (exact) mass is 227 g/mol. The molecule has 2 N–H and O–H groups in total. The molecule has 2 aromatic rings. The predicted molar refractivity (Wildman–Crippen MR) is 70.8 cm³/mol. The summed E-state index contributed by atoms with van der Waals surface area (Å²) in [6.07, 6.45) is 0. The molecule has 0 saturated heterocycles. The Hall–Kier alpha value is -1.80. The summed E-state index contributed by atoms with van der Waals surface area (Å²) in [5, 5.41) is 12.4. The molecule has 2 nitrogen and oxygen atoms in total. The fraction of sp³-hybridized carbons (Fsp3) is 0.200. The quantitative estimate of drug-likeness (QED) is 0.839. The van der Waals surface area contributed by atoms with Crippen molar-refractivity contribution in [3.8, 4) is 0 Å². The van der Waals surface area contributed by atoms with Gasteiger partial charge in [0.25, 0.3) is 0 Å². The van der Waals surface area contributed by atoms with Crippen molar-refractivity contribution in [2.75, 3.05) is 5.32 Å². The van der Waals surface area contributed by atoms with E-state index < -0.39 is 0 Å². The topological polar surface area (TPSA) is 32.3 Å². The minimum absolute atomic E-state index is 0.0918. The number of hydrogen-bond donors (Lipinski definition) is 2. The van der Waals surface area contributed by atoms with Crippen molar-refractivity contribution in [3.63, 3.8) is 0 Å². The van der Waals surface area contributed by atoms with E-state index in [0.717, 1.165) is 11.3 Å². The summed E-state index contributed by atoms with van der Waals surface area (Å²) in [5.74, 6) is 0. The van der Waals surface area contributed by atoms with Crippen LogP contribution in [0.3, 0.4) is 0 Å². The van der Waals surface area contributed by atoms with Crippen LogP contribution in [0.4, 0.5) is 5.69 Å². The number of hydrogen-bond acceptors (Lipinski definition) is 2. The van der Waals surface area contributed by atoms with E-state index in [1.54, 1.807) is 0 Å². The van der Waals surface area contributed by atoms with Gasteiger partial charge in [-0.3, -0.25) is 0 Å². The van der Waals surface area contributed by atoms with Crippen molar-refractivity contribution in [3.05, 3.63) is 65.7 Å². The smallest absolute Gasteiger partial charge is 0.0681 e. The first-order valence-electron chi connectivity index (χ1n) is 5.81. The first-order chi connectivity index (χ1) is 8.29. The summed E-state index contributed by atoms with van der Waals surface area (Å²) in [6.45, 7) is 2.23. The van der Waals surface area contributed by atoms with Gasteiger partial charge in [0.1, 0.15) is 0 Å². The number of rotatable bonds is 4. The standard InChI is InChI=1S/C15H17NO/c1-12(14-5-3-2-4-6-14)16-15-9-7-13(11-17)8-10-15/h2-10,12,16-17H,11H2,1H3. The Kier molecular flexibility index (Phi) is 3.78. The van der Waals surface area contributed by atoms with E-state index in [2.05, 4.69) is 24.4 Å². The molecule has 2 heteroatoms. The molecule has 0 aliphatic carbocycles. The SMILES string of the molecule is CC(Nc1ccc(CO)cc1)c1ccccc1. The molecular weight excluding hydrogens is 210 g/mol. The van der Waals surface area contributed by atoms with Crippen LogP contribution in [0.2, 0.25) is 0 Å². The van der Waals surface area contributed by atoms with E-state index in [-0.39, 0.29) is 12.6 Å². The van der Waals surface area contributed by atoms with E-state index >= 15 is 0 Å².